The smallest absolute Gasteiger partial charge is 0.423 e. The number of nitrogens with zero attached hydrogens (tertiary/aromatic N) is 4. The van der Waals surface area contributed by atoms with Gasteiger partial charge >= 0.3 is 6.18 Å². The molecule has 37 heavy (non-hydrogen) atoms. The number of rotatable bonds is 5. The summed E-state index contributed by atoms with van der Waals surface area (Å²) < 4.78 is 46.4. The molecule has 0 atom stereocenters. The Balaban J connectivity index is 1.25. The zero-order valence-corrected chi connectivity index (χ0v) is 19.4. The summed E-state index contributed by atoms with van der Waals surface area (Å²) in [4.78, 5) is 31.2. The second-order valence-electron chi connectivity index (χ2n) is 8.62. The first kappa shape index (κ1) is 24.3. The third-order valence-corrected chi connectivity index (χ3v) is 6.35. The number of pyridine rings is 1. The van der Waals surface area contributed by atoms with Crippen LogP contribution in [-0.4, -0.2) is 53.5 Å². The van der Waals surface area contributed by atoms with Gasteiger partial charge in [-0.1, -0.05) is 24.3 Å². The van der Waals surface area contributed by atoms with Crippen molar-refractivity contribution in [3.8, 4) is 5.75 Å². The third-order valence-electron chi connectivity index (χ3n) is 6.35. The van der Waals surface area contributed by atoms with Crippen molar-refractivity contribution in [2.75, 3.05) is 37.7 Å². The number of aromatic nitrogens is 1. The Kier molecular flexibility index (Phi) is 6.28. The molecule has 1 aromatic heterocycles. The number of para-hydroxylation sites is 1. The topological polar surface area (TPSA) is 88.8 Å². The summed E-state index contributed by atoms with van der Waals surface area (Å²) in [5.74, 6) is 0.542. The number of amides is 1. The number of hydrogen-bond donors (Lipinski definition) is 0. The van der Waals surface area contributed by atoms with Gasteiger partial charge in [0.05, 0.1) is 10.4 Å². The van der Waals surface area contributed by atoms with Gasteiger partial charge in [-0.2, -0.15) is 13.2 Å². The first-order chi connectivity index (χ1) is 17.7. The van der Waals surface area contributed by atoms with E-state index in [2.05, 4.69) is 9.88 Å². The minimum atomic E-state index is -4.93. The maximum atomic E-state index is 13.6. The van der Waals surface area contributed by atoms with E-state index < -0.39 is 22.4 Å². The van der Waals surface area contributed by atoms with Crippen LogP contribution in [0.15, 0.2) is 66.7 Å². The summed E-state index contributed by atoms with van der Waals surface area (Å²) in [5.41, 5.74) is -1.49. The maximum Gasteiger partial charge on any atom is 0.423 e. The second kappa shape index (κ2) is 9.57. The second-order valence-corrected chi connectivity index (χ2v) is 8.62. The highest BCUT2D eigenvalue weighted by Crippen LogP contribution is 2.42. The van der Waals surface area contributed by atoms with E-state index in [1.807, 2.05) is 36.4 Å². The van der Waals surface area contributed by atoms with Gasteiger partial charge in [-0.25, -0.2) is 4.98 Å². The predicted octanol–water partition coefficient (Wildman–Crippen LogP) is 5.04. The van der Waals surface area contributed by atoms with Crippen LogP contribution in [-0.2, 0) is 11.0 Å². The van der Waals surface area contributed by atoms with Crippen LogP contribution < -0.4 is 9.64 Å². The van der Waals surface area contributed by atoms with Gasteiger partial charge in [0.25, 0.3) is 11.6 Å². The number of nitro benzene ring substituents is 1. The molecule has 190 valence electrons. The average Bonchev–Trinajstić information content (AvgIpc) is 2.90. The maximum absolute atomic E-state index is 13.6. The number of piperazine rings is 1. The predicted molar refractivity (Wildman–Crippen MR) is 132 cm³/mol. The molecule has 0 unspecified atom stereocenters. The summed E-state index contributed by atoms with van der Waals surface area (Å²) in [6, 6.07) is 17.7. The SMILES string of the molecule is O=C(COc1ccc2ccc([N+](=O)[O-])c(C(F)(F)F)c2c1)N1CCN(c2ccc3ccccc3n2)CC1. The standard InChI is InChI=1S/C26H21F3N4O4/c27-26(28,29)25-20-15-19(8-5-17(20)6-9-22(25)33(35)36)37-16-24(34)32-13-11-31(12-14-32)23-10-7-18-3-1-2-4-21(18)30-23/h1-10,15H,11-14,16H2. The number of benzene rings is 3. The largest absolute Gasteiger partial charge is 0.484 e. The average molecular weight is 510 g/mol. The van der Waals surface area contributed by atoms with Crippen molar-refractivity contribution in [3.05, 3.63) is 82.4 Å². The zero-order chi connectivity index (χ0) is 26.2. The molecule has 0 aliphatic carbocycles. The van der Waals surface area contributed by atoms with Crippen LogP contribution >= 0.6 is 0 Å². The molecule has 5 rings (SSSR count). The van der Waals surface area contributed by atoms with Crippen molar-refractivity contribution in [3.63, 3.8) is 0 Å². The molecule has 1 fully saturated rings. The number of halogens is 3. The van der Waals surface area contributed by atoms with Gasteiger partial charge in [-0.15, -0.1) is 0 Å². The summed E-state index contributed by atoms with van der Waals surface area (Å²) in [6.45, 7) is 1.67. The fourth-order valence-corrected chi connectivity index (χ4v) is 4.48. The van der Waals surface area contributed by atoms with Gasteiger partial charge in [0, 0.05) is 43.0 Å². The van der Waals surface area contributed by atoms with Gasteiger partial charge in [-0.05, 0) is 41.8 Å². The number of carbonyl (C=O) groups is 1. The Labute approximate surface area is 209 Å². The van der Waals surface area contributed by atoms with E-state index in [1.165, 1.54) is 18.2 Å². The van der Waals surface area contributed by atoms with Crippen molar-refractivity contribution >= 4 is 39.1 Å². The van der Waals surface area contributed by atoms with Crippen molar-refractivity contribution in [1.29, 1.82) is 0 Å². The van der Waals surface area contributed by atoms with Gasteiger partial charge in [0.15, 0.2) is 6.61 Å². The molecule has 4 aromatic rings. The van der Waals surface area contributed by atoms with Crippen LogP contribution in [0.5, 0.6) is 5.75 Å². The molecule has 0 saturated carbocycles. The highest BCUT2D eigenvalue weighted by Gasteiger charge is 2.40. The normalized spacial score (nSPS) is 14.2. The lowest BCUT2D eigenvalue weighted by atomic mass is 10.0. The van der Waals surface area contributed by atoms with Crippen molar-refractivity contribution in [2.45, 2.75) is 6.18 Å². The highest BCUT2D eigenvalue weighted by molar-refractivity contribution is 5.90. The Morgan fingerprint density at radius 2 is 1.68 bits per heavy atom. The molecule has 2 heterocycles. The van der Waals surface area contributed by atoms with Crippen LogP contribution in [0.2, 0.25) is 0 Å². The number of fused-ring (bicyclic) bond motifs is 2. The molecule has 3 aromatic carbocycles. The molecular formula is C26H21F3N4O4. The fraction of sp³-hybridized carbons (Fsp3) is 0.231. The van der Waals surface area contributed by atoms with Crippen LogP contribution in [0.3, 0.4) is 0 Å². The number of nitro groups is 1. The molecule has 1 saturated heterocycles. The van der Waals surface area contributed by atoms with E-state index in [1.54, 1.807) is 4.90 Å². The first-order valence-corrected chi connectivity index (χ1v) is 11.5. The molecule has 0 spiro atoms. The minimum absolute atomic E-state index is 0.0193. The van der Waals surface area contributed by atoms with Crippen LogP contribution in [0, 0.1) is 10.1 Å². The Bertz CT molecular complexity index is 1500. The molecule has 0 N–H and O–H groups in total. The first-order valence-electron chi connectivity index (χ1n) is 11.5. The van der Waals surface area contributed by atoms with E-state index in [0.29, 0.717) is 26.2 Å². The molecular weight excluding hydrogens is 489 g/mol. The lowest BCUT2D eigenvalue weighted by Crippen LogP contribution is -2.50. The van der Waals surface area contributed by atoms with Crippen molar-refractivity contribution < 1.29 is 27.6 Å². The molecule has 1 aliphatic heterocycles. The lowest BCUT2D eigenvalue weighted by molar-refractivity contribution is -0.387. The number of anilines is 1. The van der Waals surface area contributed by atoms with E-state index in [9.17, 15) is 28.1 Å². The molecule has 0 radical (unpaired) electrons. The summed E-state index contributed by atoms with van der Waals surface area (Å²) in [7, 11) is 0. The van der Waals surface area contributed by atoms with Crippen molar-refractivity contribution in [2.24, 2.45) is 0 Å². The van der Waals surface area contributed by atoms with Crippen LogP contribution in [0.4, 0.5) is 24.7 Å². The van der Waals surface area contributed by atoms with E-state index in [4.69, 9.17) is 4.74 Å². The van der Waals surface area contributed by atoms with Gasteiger partial charge < -0.3 is 14.5 Å². The van der Waals surface area contributed by atoms with Gasteiger partial charge in [0.1, 0.15) is 17.1 Å². The van der Waals surface area contributed by atoms with Crippen LogP contribution in [0.25, 0.3) is 21.7 Å². The monoisotopic (exact) mass is 510 g/mol. The van der Waals surface area contributed by atoms with Crippen LogP contribution in [0.1, 0.15) is 5.56 Å². The number of ether oxygens (including phenoxy) is 1. The van der Waals surface area contributed by atoms with E-state index in [0.717, 1.165) is 28.9 Å². The molecule has 11 heteroatoms. The molecule has 0 bridgehead atoms. The van der Waals surface area contributed by atoms with E-state index >= 15 is 0 Å². The highest BCUT2D eigenvalue weighted by atomic mass is 19.4. The fourth-order valence-electron chi connectivity index (χ4n) is 4.48. The number of alkyl halides is 3. The summed E-state index contributed by atoms with van der Waals surface area (Å²) in [5, 5.41) is 12.0. The molecule has 1 aliphatic rings. The summed E-state index contributed by atoms with van der Waals surface area (Å²) in [6.07, 6.45) is -4.93. The molecule has 8 nitrogen and oxygen atoms in total. The van der Waals surface area contributed by atoms with E-state index in [-0.39, 0.29) is 29.0 Å². The number of carbonyl (C=O) groups excluding carboxylic acids is 1. The Morgan fingerprint density at radius 3 is 2.41 bits per heavy atom. The van der Waals surface area contributed by atoms with Gasteiger partial charge in [-0.3, -0.25) is 14.9 Å². The zero-order valence-electron chi connectivity index (χ0n) is 19.4. The third kappa shape index (κ3) is 4.97. The lowest BCUT2D eigenvalue weighted by Gasteiger charge is -2.35. The quantitative estimate of drug-likeness (QED) is 0.276. The number of hydrogen-bond acceptors (Lipinski definition) is 6. The van der Waals surface area contributed by atoms with Gasteiger partial charge in [0.2, 0.25) is 0 Å². The Morgan fingerprint density at radius 1 is 0.973 bits per heavy atom. The minimum Gasteiger partial charge on any atom is -0.484 e. The molecule has 1 amide bonds. The Hall–Kier alpha value is -4.41. The summed E-state index contributed by atoms with van der Waals surface area (Å²) >= 11 is 0. The van der Waals surface area contributed by atoms with Crippen molar-refractivity contribution in [1.82, 2.24) is 9.88 Å².